The van der Waals surface area contributed by atoms with Gasteiger partial charge in [0.1, 0.15) is 10.7 Å². The SMILES string of the molecule is CCSc1nnc(-c2ccc(C)c(S(=O)(=O)N3CCN(C)CC3)c2)c2ccccc12. The molecule has 0 saturated carbocycles. The number of benzene rings is 2. The third-order valence-corrected chi connectivity index (χ3v) is 8.38. The predicted octanol–water partition coefficient (Wildman–Crippen LogP) is 3.65. The molecule has 3 aromatic rings. The lowest BCUT2D eigenvalue weighted by Gasteiger charge is -2.32. The van der Waals surface area contributed by atoms with Gasteiger partial charge in [-0.05, 0) is 31.4 Å². The van der Waals surface area contributed by atoms with Gasteiger partial charge in [0.25, 0.3) is 0 Å². The minimum absolute atomic E-state index is 0.349. The topological polar surface area (TPSA) is 66.4 Å². The number of sulfonamides is 1. The molecule has 0 spiro atoms. The van der Waals surface area contributed by atoms with Crippen molar-refractivity contribution in [3.8, 4) is 11.3 Å². The Bertz CT molecular complexity index is 1170. The van der Waals surface area contributed by atoms with Crippen LogP contribution in [0.4, 0.5) is 0 Å². The number of thioether (sulfide) groups is 1. The van der Waals surface area contributed by atoms with Crippen molar-refractivity contribution < 1.29 is 8.42 Å². The van der Waals surface area contributed by atoms with Gasteiger partial charge in [0.2, 0.25) is 10.0 Å². The van der Waals surface area contributed by atoms with E-state index in [1.807, 2.05) is 50.4 Å². The van der Waals surface area contributed by atoms with Crippen LogP contribution in [0.5, 0.6) is 0 Å². The van der Waals surface area contributed by atoms with Crippen molar-refractivity contribution in [3.05, 3.63) is 48.0 Å². The number of piperazine rings is 1. The fourth-order valence-electron chi connectivity index (χ4n) is 3.73. The molecule has 158 valence electrons. The first-order chi connectivity index (χ1) is 14.4. The van der Waals surface area contributed by atoms with Gasteiger partial charge in [-0.3, -0.25) is 0 Å². The van der Waals surface area contributed by atoms with Crippen molar-refractivity contribution in [1.29, 1.82) is 0 Å². The predicted molar refractivity (Wildman–Crippen MR) is 122 cm³/mol. The van der Waals surface area contributed by atoms with E-state index >= 15 is 0 Å². The number of rotatable bonds is 5. The van der Waals surface area contributed by atoms with Crippen molar-refractivity contribution in [3.63, 3.8) is 0 Å². The van der Waals surface area contributed by atoms with Crippen LogP contribution in [0.2, 0.25) is 0 Å². The summed E-state index contributed by atoms with van der Waals surface area (Å²) < 4.78 is 28.3. The van der Waals surface area contributed by atoms with E-state index in [1.54, 1.807) is 22.1 Å². The second-order valence-corrected chi connectivity index (χ2v) is 10.7. The van der Waals surface area contributed by atoms with Crippen molar-refractivity contribution in [1.82, 2.24) is 19.4 Å². The van der Waals surface area contributed by atoms with E-state index in [0.717, 1.165) is 45.8 Å². The summed E-state index contributed by atoms with van der Waals surface area (Å²) in [4.78, 5) is 2.50. The summed E-state index contributed by atoms with van der Waals surface area (Å²) >= 11 is 1.66. The number of likely N-dealkylation sites (N-methyl/N-ethyl adjacent to an activating group) is 1. The van der Waals surface area contributed by atoms with Crippen molar-refractivity contribution >= 4 is 32.6 Å². The van der Waals surface area contributed by atoms with Crippen LogP contribution in [-0.4, -0.2) is 66.8 Å². The molecule has 0 amide bonds. The highest BCUT2D eigenvalue weighted by Crippen LogP contribution is 2.33. The third-order valence-electron chi connectivity index (χ3n) is 5.48. The summed E-state index contributed by atoms with van der Waals surface area (Å²) in [6.45, 7) is 6.43. The van der Waals surface area contributed by atoms with Gasteiger partial charge in [0.15, 0.2) is 0 Å². The zero-order chi connectivity index (χ0) is 21.3. The van der Waals surface area contributed by atoms with Crippen molar-refractivity contribution in [2.45, 2.75) is 23.8 Å². The highest BCUT2D eigenvalue weighted by molar-refractivity contribution is 7.99. The minimum atomic E-state index is -3.56. The van der Waals surface area contributed by atoms with Gasteiger partial charge in [0.05, 0.1) is 4.90 Å². The van der Waals surface area contributed by atoms with Crippen LogP contribution < -0.4 is 0 Å². The van der Waals surface area contributed by atoms with E-state index in [0.29, 0.717) is 23.7 Å². The highest BCUT2D eigenvalue weighted by atomic mass is 32.2. The highest BCUT2D eigenvalue weighted by Gasteiger charge is 2.29. The quantitative estimate of drug-likeness (QED) is 0.562. The van der Waals surface area contributed by atoms with Gasteiger partial charge in [-0.25, -0.2) is 8.42 Å². The molecule has 0 unspecified atom stereocenters. The molecule has 6 nitrogen and oxygen atoms in total. The number of fused-ring (bicyclic) bond motifs is 1. The number of nitrogens with zero attached hydrogens (tertiary/aromatic N) is 4. The fourth-order valence-corrected chi connectivity index (χ4v) is 6.11. The Kier molecular flexibility index (Phi) is 6.11. The Hall–Kier alpha value is -2.00. The number of hydrogen-bond donors (Lipinski definition) is 0. The third kappa shape index (κ3) is 3.97. The lowest BCUT2D eigenvalue weighted by atomic mass is 10.0. The molecule has 1 aliphatic rings. The molecule has 0 aliphatic carbocycles. The lowest BCUT2D eigenvalue weighted by Crippen LogP contribution is -2.47. The first kappa shape index (κ1) is 21.2. The van der Waals surface area contributed by atoms with Crippen LogP contribution in [0.1, 0.15) is 12.5 Å². The summed E-state index contributed by atoms with van der Waals surface area (Å²) in [5.74, 6) is 0.913. The van der Waals surface area contributed by atoms with E-state index in [-0.39, 0.29) is 0 Å². The largest absolute Gasteiger partial charge is 0.304 e. The number of hydrogen-bond acceptors (Lipinski definition) is 6. The van der Waals surface area contributed by atoms with Gasteiger partial charge < -0.3 is 4.90 Å². The van der Waals surface area contributed by atoms with Gasteiger partial charge in [-0.2, -0.15) is 4.31 Å². The van der Waals surface area contributed by atoms with Crippen LogP contribution >= 0.6 is 11.8 Å². The van der Waals surface area contributed by atoms with Gasteiger partial charge in [0, 0.05) is 42.5 Å². The summed E-state index contributed by atoms with van der Waals surface area (Å²) in [5.41, 5.74) is 2.22. The molecule has 2 aromatic carbocycles. The molecule has 30 heavy (non-hydrogen) atoms. The fraction of sp³-hybridized carbons (Fsp3) is 0.364. The molecular formula is C22H26N4O2S2. The first-order valence-electron chi connectivity index (χ1n) is 10.1. The van der Waals surface area contributed by atoms with E-state index < -0.39 is 10.0 Å². The molecule has 0 N–H and O–H groups in total. The van der Waals surface area contributed by atoms with Crippen LogP contribution in [0.25, 0.3) is 22.0 Å². The first-order valence-corrected chi connectivity index (χ1v) is 12.5. The maximum Gasteiger partial charge on any atom is 0.243 e. The Morgan fingerprint density at radius 1 is 1.00 bits per heavy atom. The average molecular weight is 443 g/mol. The van der Waals surface area contributed by atoms with Crippen molar-refractivity contribution in [2.24, 2.45) is 0 Å². The van der Waals surface area contributed by atoms with Crippen LogP contribution in [-0.2, 0) is 10.0 Å². The smallest absolute Gasteiger partial charge is 0.243 e. The lowest BCUT2D eigenvalue weighted by molar-refractivity contribution is 0.222. The Morgan fingerprint density at radius 3 is 2.40 bits per heavy atom. The summed E-state index contributed by atoms with van der Waals surface area (Å²) in [6.07, 6.45) is 0. The molecule has 0 radical (unpaired) electrons. The van der Waals surface area contributed by atoms with E-state index in [1.165, 1.54) is 0 Å². The maximum atomic E-state index is 13.4. The molecule has 2 heterocycles. The Morgan fingerprint density at radius 2 is 1.70 bits per heavy atom. The second kappa shape index (κ2) is 8.63. The van der Waals surface area contributed by atoms with E-state index in [4.69, 9.17) is 0 Å². The summed E-state index contributed by atoms with van der Waals surface area (Å²) in [6, 6.07) is 13.6. The molecular weight excluding hydrogens is 416 g/mol. The molecule has 8 heteroatoms. The second-order valence-electron chi connectivity index (χ2n) is 7.52. The summed E-state index contributed by atoms with van der Waals surface area (Å²) in [5, 5.41) is 11.8. The van der Waals surface area contributed by atoms with Crippen LogP contribution in [0, 0.1) is 6.92 Å². The average Bonchev–Trinajstić information content (AvgIpc) is 2.75. The molecule has 1 saturated heterocycles. The number of aromatic nitrogens is 2. The Balaban J connectivity index is 1.80. The molecule has 1 fully saturated rings. The summed E-state index contributed by atoms with van der Waals surface area (Å²) in [7, 11) is -1.55. The monoisotopic (exact) mass is 442 g/mol. The zero-order valence-corrected chi connectivity index (χ0v) is 19.1. The van der Waals surface area contributed by atoms with Gasteiger partial charge in [-0.1, -0.05) is 43.3 Å². The van der Waals surface area contributed by atoms with Gasteiger partial charge >= 0.3 is 0 Å². The normalized spacial score (nSPS) is 16.2. The van der Waals surface area contributed by atoms with Crippen LogP contribution in [0.3, 0.4) is 0 Å². The zero-order valence-electron chi connectivity index (χ0n) is 17.5. The molecule has 1 aliphatic heterocycles. The Labute approximate surface area is 182 Å². The standard InChI is InChI=1S/C22H26N4O2S2/c1-4-29-22-19-8-6-5-7-18(19)21(23-24-22)17-10-9-16(2)20(15-17)30(27,28)26-13-11-25(3)12-14-26/h5-10,15H,4,11-14H2,1-3H3. The minimum Gasteiger partial charge on any atom is -0.304 e. The van der Waals surface area contributed by atoms with E-state index in [2.05, 4.69) is 22.0 Å². The van der Waals surface area contributed by atoms with Crippen LogP contribution in [0.15, 0.2) is 52.4 Å². The molecule has 1 aromatic heterocycles. The molecule has 0 atom stereocenters. The molecule has 0 bridgehead atoms. The van der Waals surface area contributed by atoms with E-state index in [9.17, 15) is 8.42 Å². The number of aryl methyl sites for hydroxylation is 1. The maximum absolute atomic E-state index is 13.4. The molecule has 4 rings (SSSR count). The van der Waals surface area contributed by atoms with Gasteiger partial charge in [-0.15, -0.1) is 22.0 Å². The van der Waals surface area contributed by atoms with Crippen molar-refractivity contribution in [2.75, 3.05) is 39.0 Å².